The predicted molar refractivity (Wildman–Crippen MR) is 114 cm³/mol. The van der Waals surface area contributed by atoms with Crippen molar-refractivity contribution in [3.63, 3.8) is 0 Å². The summed E-state index contributed by atoms with van der Waals surface area (Å²) in [6.45, 7) is 7.50. The molecule has 5 nitrogen and oxygen atoms in total. The molecule has 4 rings (SSSR count). The molecule has 0 unspecified atom stereocenters. The van der Waals surface area contributed by atoms with Crippen molar-refractivity contribution in [2.75, 3.05) is 36.4 Å². The normalized spacial score (nSPS) is 17.8. The predicted octanol–water partition coefficient (Wildman–Crippen LogP) is 4.02. The second-order valence-corrected chi connectivity index (χ2v) is 8.06. The highest BCUT2D eigenvalue weighted by molar-refractivity contribution is 5.92. The van der Waals surface area contributed by atoms with Gasteiger partial charge < -0.3 is 15.1 Å². The standard InChI is InChI=1S/C23H30N4O/c1-17-6-5-9-22(18(17)2)26-12-14-27(15-13-26)23(28)21-11-10-20(16-24-21)25-19-7-3-4-8-19/h5-6,9-11,16,19,25H,3-4,7-8,12-15H2,1-2H3. The van der Waals surface area contributed by atoms with E-state index in [1.54, 1.807) is 6.20 Å². The van der Waals surface area contributed by atoms with Crippen molar-refractivity contribution in [3.8, 4) is 0 Å². The van der Waals surface area contributed by atoms with Crippen LogP contribution in [0.15, 0.2) is 36.5 Å². The Morgan fingerprint density at radius 2 is 1.79 bits per heavy atom. The van der Waals surface area contributed by atoms with Crippen LogP contribution in [0.5, 0.6) is 0 Å². The minimum atomic E-state index is 0.0352. The van der Waals surface area contributed by atoms with E-state index >= 15 is 0 Å². The summed E-state index contributed by atoms with van der Waals surface area (Å²) < 4.78 is 0. The van der Waals surface area contributed by atoms with Gasteiger partial charge in [0.2, 0.25) is 0 Å². The number of nitrogens with one attached hydrogen (secondary N) is 1. The molecule has 0 spiro atoms. The molecule has 1 aromatic heterocycles. The Bertz CT molecular complexity index is 819. The monoisotopic (exact) mass is 378 g/mol. The average molecular weight is 379 g/mol. The van der Waals surface area contributed by atoms with Crippen LogP contribution in [0.25, 0.3) is 0 Å². The number of benzene rings is 1. The SMILES string of the molecule is Cc1cccc(N2CCN(C(=O)c3ccc(NC4CCCC4)cn3)CC2)c1C. The average Bonchev–Trinajstić information content (AvgIpc) is 3.23. The zero-order chi connectivity index (χ0) is 19.5. The lowest BCUT2D eigenvalue weighted by Gasteiger charge is -2.37. The van der Waals surface area contributed by atoms with E-state index in [2.05, 4.69) is 47.2 Å². The molecule has 1 saturated carbocycles. The van der Waals surface area contributed by atoms with Crippen molar-refractivity contribution in [1.82, 2.24) is 9.88 Å². The molecular formula is C23H30N4O. The van der Waals surface area contributed by atoms with Crippen LogP contribution >= 0.6 is 0 Å². The number of carbonyl (C=O) groups is 1. The summed E-state index contributed by atoms with van der Waals surface area (Å²) >= 11 is 0. The molecule has 0 radical (unpaired) electrons. The molecule has 1 aliphatic carbocycles. The number of nitrogens with zero attached hydrogens (tertiary/aromatic N) is 3. The molecule has 2 fully saturated rings. The smallest absolute Gasteiger partial charge is 0.272 e. The van der Waals surface area contributed by atoms with Crippen molar-refractivity contribution in [1.29, 1.82) is 0 Å². The van der Waals surface area contributed by atoms with Crippen molar-refractivity contribution in [2.24, 2.45) is 0 Å². The van der Waals surface area contributed by atoms with E-state index in [1.165, 1.54) is 42.5 Å². The Hall–Kier alpha value is -2.56. The lowest BCUT2D eigenvalue weighted by Crippen LogP contribution is -2.49. The van der Waals surface area contributed by atoms with E-state index in [-0.39, 0.29) is 5.91 Å². The minimum absolute atomic E-state index is 0.0352. The van der Waals surface area contributed by atoms with Crippen molar-refractivity contribution in [3.05, 3.63) is 53.3 Å². The van der Waals surface area contributed by atoms with Crippen LogP contribution in [0.3, 0.4) is 0 Å². The molecule has 2 aromatic rings. The maximum Gasteiger partial charge on any atom is 0.272 e. The van der Waals surface area contributed by atoms with Crippen LogP contribution in [0.2, 0.25) is 0 Å². The largest absolute Gasteiger partial charge is 0.381 e. The maximum absolute atomic E-state index is 12.8. The molecule has 148 valence electrons. The third-order valence-electron chi connectivity index (χ3n) is 6.19. The Labute approximate surface area is 167 Å². The molecule has 1 saturated heterocycles. The molecule has 28 heavy (non-hydrogen) atoms. The first kappa shape index (κ1) is 18.8. The molecule has 1 aliphatic heterocycles. The first-order chi connectivity index (χ1) is 13.6. The van der Waals surface area contributed by atoms with Gasteiger partial charge in [-0.25, -0.2) is 4.98 Å². The number of aromatic nitrogens is 1. The highest BCUT2D eigenvalue weighted by Crippen LogP contribution is 2.25. The lowest BCUT2D eigenvalue weighted by atomic mass is 10.1. The molecule has 5 heteroatoms. The number of hydrogen-bond donors (Lipinski definition) is 1. The topological polar surface area (TPSA) is 48.5 Å². The molecule has 0 atom stereocenters. The summed E-state index contributed by atoms with van der Waals surface area (Å²) in [6.07, 6.45) is 6.86. The van der Waals surface area contributed by atoms with Gasteiger partial charge in [-0.1, -0.05) is 25.0 Å². The van der Waals surface area contributed by atoms with Gasteiger partial charge in [-0.3, -0.25) is 4.79 Å². The Balaban J connectivity index is 1.35. The van der Waals surface area contributed by atoms with E-state index in [1.807, 2.05) is 17.0 Å². The summed E-state index contributed by atoms with van der Waals surface area (Å²) in [5.74, 6) is 0.0352. The number of aryl methyl sites for hydroxylation is 1. The van der Waals surface area contributed by atoms with Crippen molar-refractivity contribution in [2.45, 2.75) is 45.6 Å². The summed E-state index contributed by atoms with van der Waals surface area (Å²) in [5, 5.41) is 3.53. The number of rotatable bonds is 4. The van der Waals surface area contributed by atoms with Gasteiger partial charge in [0.1, 0.15) is 5.69 Å². The highest BCUT2D eigenvalue weighted by Gasteiger charge is 2.24. The number of piperazine rings is 1. The summed E-state index contributed by atoms with van der Waals surface area (Å²) in [7, 11) is 0. The van der Waals surface area contributed by atoms with Crippen LogP contribution in [0.4, 0.5) is 11.4 Å². The number of amides is 1. The number of hydrogen-bond acceptors (Lipinski definition) is 4. The fourth-order valence-corrected chi connectivity index (χ4v) is 4.30. The zero-order valence-electron chi connectivity index (χ0n) is 16.9. The molecule has 1 aromatic carbocycles. The number of anilines is 2. The molecule has 0 bridgehead atoms. The minimum Gasteiger partial charge on any atom is -0.381 e. The first-order valence-electron chi connectivity index (χ1n) is 10.4. The van der Waals surface area contributed by atoms with Crippen LogP contribution in [-0.4, -0.2) is 48.0 Å². The zero-order valence-corrected chi connectivity index (χ0v) is 16.9. The second kappa shape index (κ2) is 8.21. The molecular weight excluding hydrogens is 348 g/mol. The Kier molecular flexibility index (Phi) is 5.51. The molecule has 1 amide bonds. The van der Waals surface area contributed by atoms with Gasteiger partial charge in [0.25, 0.3) is 5.91 Å². The van der Waals surface area contributed by atoms with Gasteiger partial charge in [-0.2, -0.15) is 0 Å². The van der Waals surface area contributed by atoms with E-state index in [0.29, 0.717) is 11.7 Å². The summed E-state index contributed by atoms with van der Waals surface area (Å²) in [4.78, 5) is 21.6. The number of pyridine rings is 1. The van der Waals surface area contributed by atoms with Gasteiger partial charge in [-0.15, -0.1) is 0 Å². The molecule has 2 heterocycles. The van der Waals surface area contributed by atoms with Gasteiger partial charge in [0.05, 0.1) is 11.9 Å². The van der Waals surface area contributed by atoms with Gasteiger partial charge in [-0.05, 0) is 56.0 Å². The quantitative estimate of drug-likeness (QED) is 0.873. The van der Waals surface area contributed by atoms with E-state index in [4.69, 9.17) is 0 Å². The lowest BCUT2D eigenvalue weighted by molar-refractivity contribution is 0.0741. The van der Waals surface area contributed by atoms with Crippen molar-refractivity contribution < 1.29 is 4.79 Å². The van der Waals surface area contributed by atoms with Gasteiger partial charge in [0.15, 0.2) is 0 Å². The van der Waals surface area contributed by atoms with Gasteiger partial charge >= 0.3 is 0 Å². The first-order valence-corrected chi connectivity index (χ1v) is 10.4. The molecule has 2 aliphatic rings. The third kappa shape index (κ3) is 3.98. The Morgan fingerprint density at radius 3 is 2.46 bits per heavy atom. The van der Waals surface area contributed by atoms with Crippen LogP contribution in [-0.2, 0) is 0 Å². The fraction of sp³-hybridized carbons (Fsp3) is 0.478. The summed E-state index contributed by atoms with van der Waals surface area (Å²) in [5.41, 5.74) is 5.48. The summed E-state index contributed by atoms with van der Waals surface area (Å²) in [6, 6.07) is 10.8. The van der Waals surface area contributed by atoms with Crippen molar-refractivity contribution >= 4 is 17.3 Å². The van der Waals surface area contributed by atoms with Crippen LogP contribution in [0, 0.1) is 13.8 Å². The van der Waals surface area contributed by atoms with Crippen LogP contribution < -0.4 is 10.2 Å². The second-order valence-electron chi connectivity index (χ2n) is 8.06. The molecule has 1 N–H and O–H groups in total. The van der Waals surface area contributed by atoms with Crippen LogP contribution in [0.1, 0.15) is 47.3 Å². The van der Waals surface area contributed by atoms with E-state index < -0.39 is 0 Å². The maximum atomic E-state index is 12.8. The third-order valence-corrected chi connectivity index (χ3v) is 6.19. The fourth-order valence-electron chi connectivity index (χ4n) is 4.30. The Morgan fingerprint density at radius 1 is 1.04 bits per heavy atom. The van der Waals surface area contributed by atoms with E-state index in [0.717, 1.165) is 31.9 Å². The number of carbonyl (C=O) groups excluding carboxylic acids is 1. The highest BCUT2D eigenvalue weighted by atomic mass is 16.2. The van der Waals surface area contributed by atoms with Gasteiger partial charge in [0, 0.05) is 37.9 Å². The van der Waals surface area contributed by atoms with E-state index in [9.17, 15) is 4.79 Å².